The van der Waals surface area contributed by atoms with E-state index >= 15 is 0 Å². The van der Waals surface area contributed by atoms with E-state index in [0.717, 1.165) is 23.4 Å². The Hall–Kier alpha value is -1.69. The fourth-order valence-corrected chi connectivity index (χ4v) is 1.98. The highest BCUT2D eigenvalue weighted by molar-refractivity contribution is 5.85. The van der Waals surface area contributed by atoms with E-state index in [1.165, 1.54) is 6.07 Å². The molecular formula is C16H18ClF2NO2. The van der Waals surface area contributed by atoms with E-state index in [4.69, 9.17) is 4.74 Å². The van der Waals surface area contributed by atoms with Gasteiger partial charge in [-0.2, -0.15) is 0 Å². The standard InChI is InChI=1S/C16H17F2NO2.ClH/c1-21-13-5-2-11(3-6-13)9-19-10-16(20)14-7-4-12(17)8-15(14)18;/h2-8,16,19-20H,9-10H2,1H3;1H. The van der Waals surface area contributed by atoms with Gasteiger partial charge in [-0.3, -0.25) is 0 Å². The van der Waals surface area contributed by atoms with Crippen LogP contribution in [0.2, 0.25) is 0 Å². The molecule has 6 heteroatoms. The van der Waals surface area contributed by atoms with E-state index in [0.29, 0.717) is 6.54 Å². The molecule has 2 aromatic carbocycles. The minimum atomic E-state index is -1.02. The number of methoxy groups -OCH3 is 1. The van der Waals surface area contributed by atoms with Gasteiger partial charge >= 0.3 is 0 Å². The van der Waals surface area contributed by atoms with Crippen LogP contribution in [-0.2, 0) is 6.54 Å². The van der Waals surface area contributed by atoms with Crippen LogP contribution in [-0.4, -0.2) is 18.8 Å². The first-order valence-electron chi connectivity index (χ1n) is 6.57. The maximum Gasteiger partial charge on any atom is 0.131 e. The zero-order valence-corrected chi connectivity index (χ0v) is 12.9. The predicted molar refractivity (Wildman–Crippen MR) is 83.3 cm³/mol. The highest BCUT2D eigenvalue weighted by atomic mass is 35.5. The van der Waals surface area contributed by atoms with E-state index in [9.17, 15) is 13.9 Å². The Morgan fingerprint density at radius 1 is 1.14 bits per heavy atom. The van der Waals surface area contributed by atoms with Crippen molar-refractivity contribution in [3.05, 3.63) is 65.2 Å². The molecule has 0 heterocycles. The third-order valence-electron chi connectivity index (χ3n) is 3.15. The van der Waals surface area contributed by atoms with Crippen molar-refractivity contribution in [1.82, 2.24) is 5.32 Å². The molecule has 0 aromatic heterocycles. The molecule has 0 amide bonds. The zero-order chi connectivity index (χ0) is 15.2. The molecule has 3 nitrogen and oxygen atoms in total. The number of aliphatic hydroxyl groups is 1. The van der Waals surface area contributed by atoms with Crippen molar-refractivity contribution in [2.45, 2.75) is 12.6 Å². The van der Waals surface area contributed by atoms with Gasteiger partial charge in [0.05, 0.1) is 13.2 Å². The summed E-state index contributed by atoms with van der Waals surface area (Å²) in [5, 5.41) is 12.9. The van der Waals surface area contributed by atoms with Crippen LogP contribution in [0.25, 0.3) is 0 Å². The van der Waals surface area contributed by atoms with E-state index in [2.05, 4.69) is 5.32 Å². The molecule has 2 N–H and O–H groups in total. The van der Waals surface area contributed by atoms with Crippen molar-refractivity contribution in [2.75, 3.05) is 13.7 Å². The number of nitrogens with one attached hydrogen (secondary N) is 1. The van der Waals surface area contributed by atoms with Crippen molar-refractivity contribution in [3.8, 4) is 5.75 Å². The molecule has 22 heavy (non-hydrogen) atoms. The molecule has 0 radical (unpaired) electrons. The summed E-state index contributed by atoms with van der Waals surface area (Å²) in [7, 11) is 1.60. The van der Waals surface area contributed by atoms with Gasteiger partial charge in [-0.05, 0) is 23.8 Å². The number of benzene rings is 2. The summed E-state index contributed by atoms with van der Waals surface area (Å²) in [5.74, 6) is -0.629. The number of hydrogen-bond acceptors (Lipinski definition) is 3. The molecule has 0 aliphatic carbocycles. The molecule has 0 aliphatic heterocycles. The van der Waals surface area contributed by atoms with Crippen molar-refractivity contribution in [3.63, 3.8) is 0 Å². The SMILES string of the molecule is COc1ccc(CNCC(O)c2ccc(F)cc2F)cc1.Cl. The Bertz CT molecular complexity index is 593. The first kappa shape index (κ1) is 18.4. The van der Waals surface area contributed by atoms with Gasteiger partial charge in [0.25, 0.3) is 0 Å². The lowest BCUT2D eigenvalue weighted by Crippen LogP contribution is -2.21. The predicted octanol–water partition coefficient (Wildman–Crippen LogP) is 3.22. The van der Waals surface area contributed by atoms with Crippen LogP contribution in [0.15, 0.2) is 42.5 Å². The van der Waals surface area contributed by atoms with Gasteiger partial charge in [-0.25, -0.2) is 8.78 Å². The molecular weight excluding hydrogens is 312 g/mol. The summed E-state index contributed by atoms with van der Waals surface area (Å²) < 4.78 is 31.4. The minimum absolute atomic E-state index is 0. The zero-order valence-electron chi connectivity index (χ0n) is 12.1. The smallest absolute Gasteiger partial charge is 0.131 e. The summed E-state index contributed by atoms with van der Waals surface area (Å²) in [6.45, 7) is 0.707. The fraction of sp³-hybridized carbons (Fsp3) is 0.250. The third-order valence-corrected chi connectivity index (χ3v) is 3.15. The summed E-state index contributed by atoms with van der Waals surface area (Å²) in [5.41, 5.74) is 1.10. The van der Waals surface area contributed by atoms with E-state index in [-0.39, 0.29) is 24.5 Å². The molecule has 0 aliphatic rings. The van der Waals surface area contributed by atoms with E-state index < -0.39 is 17.7 Å². The van der Waals surface area contributed by atoms with Crippen LogP contribution in [0.4, 0.5) is 8.78 Å². The maximum absolute atomic E-state index is 13.5. The Morgan fingerprint density at radius 2 is 1.82 bits per heavy atom. The van der Waals surface area contributed by atoms with Gasteiger partial charge in [-0.1, -0.05) is 18.2 Å². The monoisotopic (exact) mass is 329 g/mol. The molecule has 120 valence electrons. The van der Waals surface area contributed by atoms with E-state index in [1.807, 2.05) is 24.3 Å². The van der Waals surface area contributed by atoms with Crippen molar-refractivity contribution in [1.29, 1.82) is 0 Å². The van der Waals surface area contributed by atoms with Gasteiger partial charge < -0.3 is 15.2 Å². The topological polar surface area (TPSA) is 41.5 Å². The molecule has 1 atom stereocenters. The molecule has 0 fully saturated rings. The molecule has 0 bridgehead atoms. The van der Waals surface area contributed by atoms with Crippen molar-refractivity contribution < 1.29 is 18.6 Å². The number of rotatable bonds is 6. The largest absolute Gasteiger partial charge is 0.497 e. The fourth-order valence-electron chi connectivity index (χ4n) is 1.98. The number of ether oxygens (including phenoxy) is 1. The number of hydrogen-bond donors (Lipinski definition) is 2. The first-order valence-corrected chi connectivity index (χ1v) is 6.57. The minimum Gasteiger partial charge on any atom is -0.497 e. The van der Waals surface area contributed by atoms with Crippen LogP contribution in [0, 0.1) is 11.6 Å². The highest BCUT2D eigenvalue weighted by Gasteiger charge is 2.13. The van der Waals surface area contributed by atoms with Crippen molar-refractivity contribution >= 4 is 12.4 Å². The summed E-state index contributed by atoms with van der Waals surface area (Å²) in [4.78, 5) is 0. The Labute approximate surface area is 134 Å². The normalized spacial score (nSPS) is 11.6. The molecule has 1 unspecified atom stereocenters. The van der Waals surface area contributed by atoms with Gasteiger partial charge in [-0.15, -0.1) is 12.4 Å². The van der Waals surface area contributed by atoms with Crippen molar-refractivity contribution in [2.24, 2.45) is 0 Å². The summed E-state index contributed by atoms with van der Waals surface area (Å²) >= 11 is 0. The average Bonchev–Trinajstić information content (AvgIpc) is 2.47. The lowest BCUT2D eigenvalue weighted by atomic mass is 10.1. The average molecular weight is 330 g/mol. The van der Waals surface area contributed by atoms with Gasteiger partial charge in [0.2, 0.25) is 0 Å². The van der Waals surface area contributed by atoms with Gasteiger partial charge in [0.1, 0.15) is 17.4 Å². The quantitative estimate of drug-likeness (QED) is 0.855. The number of aliphatic hydroxyl groups excluding tert-OH is 1. The molecule has 2 aromatic rings. The maximum atomic E-state index is 13.5. The van der Waals surface area contributed by atoms with Gasteiger partial charge in [0.15, 0.2) is 0 Å². The molecule has 0 saturated carbocycles. The highest BCUT2D eigenvalue weighted by Crippen LogP contribution is 2.17. The van der Waals surface area contributed by atoms with E-state index in [1.54, 1.807) is 7.11 Å². The van der Waals surface area contributed by atoms with Crippen LogP contribution in [0.1, 0.15) is 17.2 Å². The van der Waals surface area contributed by atoms with Gasteiger partial charge in [0, 0.05) is 24.7 Å². The Balaban J connectivity index is 0.00000242. The van der Waals surface area contributed by atoms with Crippen LogP contribution in [0.3, 0.4) is 0 Å². The molecule has 2 rings (SSSR count). The van der Waals surface area contributed by atoms with Crippen LogP contribution >= 0.6 is 12.4 Å². The first-order chi connectivity index (χ1) is 10.1. The van der Waals surface area contributed by atoms with Crippen LogP contribution < -0.4 is 10.1 Å². The molecule has 0 spiro atoms. The Morgan fingerprint density at radius 3 is 2.41 bits per heavy atom. The Kier molecular flexibility index (Phi) is 7.24. The second-order valence-corrected chi connectivity index (χ2v) is 4.66. The lowest BCUT2D eigenvalue weighted by molar-refractivity contribution is 0.169. The summed E-state index contributed by atoms with van der Waals surface area (Å²) in [6, 6.07) is 10.6. The second kappa shape index (κ2) is 8.68. The number of halogens is 3. The molecule has 0 saturated heterocycles. The van der Waals surface area contributed by atoms with Crippen LogP contribution in [0.5, 0.6) is 5.75 Å². The lowest BCUT2D eigenvalue weighted by Gasteiger charge is -2.13. The summed E-state index contributed by atoms with van der Waals surface area (Å²) in [6.07, 6.45) is -1.02. The third kappa shape index (κ3) is 4.94. The second-order valence-electron chi connectivity index (χ2n) is 4.66.